The van der Waals surface area contributed by atoms with Gasteiger partial charge >= 0.3 is 0 Å². The molecule has 0 spiro atoms. The maximum atomic E-state index is 15.2. The summed E-state index contributed by atoms with van der Waals surface area (Å²) < 4.78 is 18.4. The van der Waals surface area contributed by atoms with Crippen LogP contribution in [0.3, 0.4) is 0 Å². The highest BCUT2D eigenvalue weighted by Gasteiger charge is 2.35. The van der Waals surface area contributed by atoms with Crippen molar-refractivity contribution in [1.82, 2.24) is 34.7 Å². The number of aromatic nitrogens is 7. The van der Waals surface area contributed by atoms with E-state index in [1.165, 1.54) is 11.0 Å². The highest BCUT2D eigenvalue weighted by atomic mass is 35.5. The van der Waals surface area contributed by atoms with E-state index in [1.807, 2.05) is 19.1 Å². The lowest BCUT2D eigenvalue weighted by Crippen LogP contribution is -2.26. The summed E-state index contributed by atoms with van der Waals surface area (Å²) in [5.41, 5.74) is 5.24. The number of hydrogen-bond acceptors (Lipinski definition) is 6. The molecule has 0 radical (unpaired) electrons. The number of rotatable bonds is 4. The number of imidazole rings is 1. The van der Waals surface area contributed by atoms with Crippen molar-refractivity contribution in [2.75, 3.05) is 5.32 Å². The number of anilines is 1. The predicted molar refractivity (Wildman–Crippen MR) is 146 cm³/mol. The minimum absolute atomic E-state index is 0.0153. The van der Waals surface area contributed by atoms with Crippen LogP contribution in [0.1, 0.15) is 36.5 Å². The van der Waals surface area contributed by atoms with Crippen LogP contribution in [0.25, 0.3) is 28.1 Å². The molecule has 12 heteroatoms. The highest BCUT2D eigenvalue weighted by molar-refractivity contribution is 6.31. The van der Waals surface area contributed by atoms with Gasteiger partial charge in [0.25, 0.3) is 5.56 Å². The van der Waals surface area contributed by atoms with E-state index in [2.05, 4.69) is 30.8 Å². The molecule has 0 unspecified atom stereocenters. The number of nitrogens with one attached hydrogen (secondary N) is 2. The van der Waals surface area contributed by atoms with Crippen LogP contribution < -0.4 is 10.9 Å². The van der Waals surface area contributed by atoms with E-state index in [0.717, 1.165) is 16.9 Å². The Labute approximate surface area is 231 Å². The van der Waals surface area contributed by atoms with Crippen LogP contribution >= 0.6 is 11.6 Å². The number of tetrazole rings is 1. The zero-order chi connectivity index (χ0) is 27.5. The van der Waals surface area contributed by atoms with Gasteiger partial charge in [-0.1, -0.05) is 24.6 Å². The van der Waals surface area contributed by atoms with Gasteiger partial charge in [0.15, 0.2) is 0 Å². The quantitative estimate of drug-likeness (QED) is 0.339. The molecule has 2 atom stereocenters. The van der Waals surface area contributed by atoms with Crippen molar-refractivity contribution in [2.24, 2.45) is 5.92 Å². The number of halogens is 2. The number of benzene rings is 2. The van der Waals surface area contributed by atoms with Gasteiger partial charge < -0.3 is 14.9 Å². The Morgan fingerprint density at radius 3 is 2.75 bits per heavy atom. The minimum atomic E-state index is -0.634. The molecular formula is C28H22ClFN8O2. The zero-order valence-corrected chi connectivity index (χ0v) is 22.0. The van der Waals surface area contributed by atoms with Crippen molar-refractivity contribution >= 4 is 23.2 Å². The van der Waals surface area contributed by atoms with E-state index >= 15 is 4.39 Å². The van der Waals surface area contributed by atoms with Crippen LogP contribution in [-0.4, -0.2) is 40.6 Å². The maximum Gasteiger partial charge on any atom is 0.252 e. The fourth-order valence-electron chi connectivity index (χ4n) is 5.80. The van der Waals surface area contributed by atoms with Crippen molar-refractivity contribution < 1.29 is 9.18 Å². The molecule has 0 aliphatic carbocycles. The van der Waals surface area contributed by atoms with Crippen LogP contribution in [0, 0.1) is 11.9 Å². The highest BCUT2D eigenvalue weighted by Crippen LogP contribution is 2.38. The van der Waals surface area contributed by atoms with Crippen molar-refractivity contribution in [3.8, 4) is 28.1 Å². The number of pyridine rings is 1. The number of hydrogen-bond donors (Lipinski definition) is 2. The van der Waals surface area contributed by atoms with Crippen LogP contribution in [0.5, 0.6) is 0 Å². The topological polar surface area (TPSA) is 123 Å². The SMILES string of the molecule is C[C@H]1Cc2cc(-c3cc(Cl)ccc3-n3cnnn3)cc(=O)n2[C@@H]1c1nc(F)c(-c2ccc3c(c2)CCC(=O)N3)[nH]1. The van der Waals surface area contributed by atoms with Gasteiger partial charge in [-0.25, -0.2) is 4.98 Å². The summed E-state index contributed by atoms with van der Waals surface area (Å²) in [5.74, 6) is -0.292. The van der Waals surface area contributed by atoms with E-state index in [9.17, 15) is 9.59 Å². The first-order valence-corrected chi connectivity index (χ1v) is 13.2. The van der Waals surface area contributed by atoms with E-state index in [-0.39, 0.29) is 23.1 Å². The molecule has 40 heavy (non-hydrogen) atoms. The average molecular weight is 557 g/mol. The Morgan fingerprint density at radius 1 is 1.05 bits per heavy atom. The molecule has 2 aliphatic heterocycles. The van der Waals surface area contributed by atoms with Gasteiger partial charge in [0, 0.05) is 40.0 Å². The Hall–Kier alpha value is -4.64. The fraction of sp³-hybridized carbons (Fsp3) is 0.214. The van der Waals surface area contributed by atoms with Gasteiger partial charge in [0.1, 0.15) is 17.8 Å². The summed E-state index contributed by atoms with van der Waals surface area (Å²) in [6.45, 7) is 2.02. The second-order valence-corrected chi connectivity index (χ2v) is 10.6. The van der Waals surface area contributed by atoms with E-state index in [0.29, 0.717) is 52.5 Å². The molecule has 5 heterocycles. The standard InChI is InChI=1S/C28H22ClFN8O2/c1-14-8-19-10-17(20-12-18(29)4-6-22(20)37-13-31-35-36-37)11-24(40)38(19)26(14)28-33-25(27(30)34-28)16-2-5-21-15(9-16)3-7-23(39)32-21/h2,4-6,9-14,26H,3,7-8H2,1H3,(H,32,39)(H,33,34)/t14-,26-/m0/s1. The minimum Gasteiger partial charge on any atom is -0.338 e. The number of carbonyl (C=O) groups is 1. The second-order valence-electron chi connectivity index (χ2n) is 10.2. The third-order valence-electron chi connectivity index (χ3n) is 7.61. The summed E-state index contributed by atoms with van der Waals surface area (Å²) in [6.07, 6.45) is 3.06. The third-order valence-corrected chi connectivity index (χ3v) is 7.84. The molecule has 200 valence electrons. The van der Waals surface area contributed by atoms with Gasteiger partial charge in [-0.05, 0) is 76.7 Å². The number of aryl methyl sites for hydroxylation is 1. The van der Waals surface area contributed by atoms with Gasteiger partial charge in [-0.15, -0.1) is 5.10 Å². The first kappa shape index (κ1) is 24.4. The Bertz CT molecular complexity index is 1860. The molecular weight excluding hydrogens is 535 g/mol. The van der Waals surface area contributed by atoms with E-state index in [1.54, 1.807) is 41.0 Å². The lowest BCUT2D eigenvalue weighted by Gasteiger charge is -2.18. The van der Waals surface area contributed by atoms with Crippen molar-refractivity contribution in [3.05, 3.63) is 93.3 Å². The molecule has 7 rings (SSSR count). The molecule has 0 saturated heterocycles. The van der Waals surface area contributed by atoms with E-state index in [4.69, 9.17) is 11.6 Å². The number of carbonyl (C=O) groups excluding carboxylic acids is 1. The molecule has 2 N–H and O–H groups in total. The average Bonchev–Trinajstić information content (AvgIpc) is 3.67. The van der Waals surface area contributed by atoms with Gasteiger partial charge in [0.05, 0.1) is 11.7 Å². The Balaban J connectivity index is 1.27. The van der Waals surface area contributed by atoms with Gasteiger partial charge in [-0.3, -0.25) is 9.59 Å². The molecule has 5 aromatic rings. The summed E-state index contributed by atoms with van der Waals surface area (Å²) in [4.78, 5) is 32.7. The third kappa shape index (κ3) is 4.01. The van der Waals surface area contributed by atoms with Crippen LogP contribution in [0.4, 0.5) is 10.1 Å². The predicted octanol–water partition coefficient (Wildman–Crippen LogP) is 4.34. The summed E-state index contributed by atoms with van der Waals surface area (Å²) >= 11 is 6.31. The monoisotopic (exact) mass is 556 g/mol. The van der Waals surface area contributed by atoms with Gasteiger partial charge in [-0.2, -0.15) is 9.07 Å². The largest absolute Gasteiger partial charge is 0.338 e. The molecule has 2 aromatic carbocycles. The summed E-state index contributed by atoms with van der Waals surface area (Å²) in [6, 6.07) is 13.7. The lowest BCUT2D eigenvalue weighted by molar-refractivity contribution is -0.116. The summed E-state index contributed by atoms with van der Waals surface area (Å²) in [7, 11) is 0. The molecule has 10 nitrogen and oxygen atoms in total. The smallest absolute Gasteiger partial charge is 0.252 e. The number of nitrogens with zero attached hydrogens (tertiary/aromatic N) is 6. The normalized spacial score (nSPS) is 17.9. The van der Waals surface area contributed by atoms with Crippen LogP contribution in [0.2, 0.25) is 5.02 Å². The van der Waals surface area contributed by atoms with Crippen molar-refractivity contribution in [3.63, 3.8) is 0 Å². The number of H-pyrrole nitrogens is 1. The second kappa shape index (κ2) is 9.23. The van der Waals surface area contributed by atoms with Crippen molar-refractivity contribution in [1.29, 1.82) is 0 Å². The number of fused-ring (bicyclic) bond motifs is 2. The number of amides is 1. The van der Waals surface area contributed by atoms with Crippen LogP contribution in [-0.2, 0) is 17.6 Å². The molecule has 1 amide bonds. The molecule has 0 bridgehead atoms. The summed E-state index contributed by atoms with van der Waals surface area (Å²) in [5, 5.41) is 14.8. The maximum absolute atomic E-state index is 15.2. The first-order chi connectivity index (χ1) is 19.4. The molecule has 0 saturated carbocycles. The molecule has 0 fully saturated rings. The van der Waals surface area contributed by atoms with Crippen molar-refractivity contribution in [2.45, 2.75) is 32.2 Å². The van der Waals surface area contributed by atoms with Gasteiger partial charge in [0.2, 0.25) is 11.9 Å². The lowest BCUT2D eigenvalue weighted by atomic mass is 9.99. The Morgan fingerprint density at radius 2 is 1.93 bits per heavy atom. The van der Waals surface area contributed by atoms with Crippen LogP contribution in [0.15, 0.2) is 59.7 Å². The number of aromatic amines is 1. The molecule has 2 aliphatic rings. The fourth-order valence-corrected chi connectivity index (χ4v) is 5.97. The Kier molecular flexibility index (Phi) is 5.63. The van der Waals surface area contributed by atoms with E-state index < -0.39 is 12.0 Å². The zero-order valence-electron chi connectivity index (χ0n) is 21.2. The first-order valence-electron chi connectivity index (χ1n) is 12.8. The molecule has 3 aromatic heterocycles.